The molecule has 0 fully saturated rings. The highest BCUT2D eigenvalue weighted by Crippen LogP contribution is 2.21. The molecule has 0 amide bonds. The molecule has 0 aliphatic carbocycles. The Morgan fingerprint density at radius 2 is 1.83 bits per heavy atom. The molecule has 1 rings (SSSR count). The Morgan fingerprint density at radius 3 is 2.33 bits per heavy atom. The lowest BCUT2D eigenvalue weighted by atomic mass is 9.95. The predicted octanol–water partition coefficient (Wildman–Crippen LogP) is 2.29. The van der Waals surface area contributed by atoms with Crippen LogP contribution in [0.4, 0.5) is 0 Å². The molecular formula is C14H22O3S. The van der Waals surface area contributed by atoms with Gasteiger partial charge in [0.25, 0.3) is 0 Å². The van der Waals surface area contributed by atoms with Crippen molar-refractivity contribution in [3.05, 3.63) is 35.4 Å². The van der Waals surface area contributed by atoms with E-state index in [2.05, 4.69) is 0 Å². The second kappa shape index (κ2) is 6.90. The summed E-state index contributed by atoms with van der Waals surface area (Å²) in [4.78, 5) is 0. The van der Waals surface area contributed by atoms with Crippen LogP contribution in [0.1, 0.15) is 36.8 Å². The van der Waals surface area contributed by atoms with Crippen molar-refractivity contribution >= 4 is 9.84 Å². The van der Waals surface area contributed by atoms with Crippen molar-refractivity contribution in [3.63, 3.8) is 0 Å². The second-order valence-electron chi connectivity index (χ2n) is 4.67. The third-order valence-corrected chi connectivity index (χ3v) is 5.01. The molecule has 18 heavy (non-hydrogen) atoms. The van der Waals surface area contributed by atoms with E-state index in [0.29, 0.717) is 12.8 Å². The maximum Gasteiger partial charge on any atom is 0.150 e. The minimum absolute atomic E-state index is 0.0395. The lowest BCUT2D eigenvalue weighted by Crippen LogP contribution is -2.11. The highest BCUT2D eigenvalue weighted by molar-refractivity contribution is 7.91. The van der Waals surface area contributed by atoms with Crippen LogP contribution in [-0.4, -0.2) is 31.6 Å². The average molecular weight is 270 g/mol. The van der Waals surface area contributed by atoms with Crippen molar-refractivity contribution < 1.29 is 13.5 Å². The van der Waals surface area contributed by atoms with Crippen molar-refractivity contribution in [2.24, 2.45) is 0 Å². The van der Waals surface area contributed by atoms with Crippen molar-refractivity contribution in [2.45, 2.75) is 32.6 Å². The third-order valence-electron chi connectivity index (χ3n) is 3.22. The minimum Gasteiger partial charge on any atom is -0.396 e. The van der Waals surface area contributed by atoms with Crippen LogP contribution in [0.2, 0.25) is 0 Å². The molecule has 102 valence electrons. The monoisotopic (exact) mass is 270 g/mol. The van der Waals surface area contributed by atoms with Gasteiger partial charge < -0.3 is 5.11 Å². The van der Waals surface area contributed by atoms with Crippen LogP contribution >= 0.6 is 0 Å². The Hall–Kier alpha value is -0.870. The smallest absolute Gasteiger partial charge is 0.150 e. The molecule has 1 N–H and O–H groups in total. The SMILES string of the molecule is CCS(=O)(=O)CCCC(CO)c1ccc(C)cc1. The van der Waals surface area contributed by atoms with E-state index in [9.17, 15) is 13.5 Å². The van der Waals surface area contributed by atoms with E-state index >= 15 is 0 Å². The van der Waals surface area contributed by atoms with Gasteiger partial charge in [0.05, 0.1) is 5.75 Å². The summed E-state index contributed by atoms with van der Waals surface area (Å²) in [6.45, 7) is 3.75. The molecule has 0 bridgehead atoms. The van der Waals surface area contributed by atoms with Gasteiger partial charge in [0.1, 0.15) is 9.84 Å². The second-order valence-corrected chi connectivity index (χ2v) is 7.14. The first-order valence-electron chi connectivity index (χ1n) is 6.36. The summed E-state index contributed by atoms with van der Waals surface area (Å²) < 4.78 is 22.8. The van der Waals surface area contributed by atoms with Gasteiger partial charge in [0.15, 0.2) is 0 Å². The number of hydrogen-bond donors (Lipinski definition) is 1. The van der Waals surface area contributed by atoms with Crippen molar-refractivity contribution in [1.82, 2.24) is 0 Å². The standard InChI is InChI=1S/C14H22O3S/c1-3-18(16,17)10-4-5-14(11-15)13-8-6-12(2)7-9-13/h6-9,14-15H,3-5,10-11H2,1-2H3. The molecule has 0 aliphatic rings. The van der Waals surface area contributed by atoms with Gasteiger partial charge >= 0.3 is 0 Å². The van der Waals surface area contributed by atoms with Gasteiger partial charge in [0.2, 0.25) is 0 Å². The molecule has 0 aliphatic heterocycles. The number of rotatable bonds is 7. The number of aliphatic hydroxyl groups is 1. The predicted molar refractivity (Wildman–Crippen MR) is 74.6 cm³/mol. The van der Waals surface area contributed by atoms with Gasteiger partial charge in [-0.05, 0) is 25.3 Å². The molecule has 1 aromatic carbocycles. The minimum atomic E-state index is -2.89. The van der Waals surface area contributed by atoms with Gasteiger partial charge in [-0.15, -0.1) is 0 Å². The van der Waals surface area contributed by atoms with Gasteiger partial charge in [-0.2, -0.15) is 0 Å². The zero-order chi connectivity index (χ0) is 13.6. The number of aryl methyl sites for hydroxylation is 1. The van der Waals surface area contributed by atoms with Gasteiger partial charge in [-0.1, -0.05) is 36.8 Å². The Morgan fingerprint density at radius 1 is 1.22 bits per heavy atom. The van der Waals surface area contributed by atoms with E-state index in [1.54, 1.807) is 6.92 Å². The largest absolute Gasteiger partial charge is 0.396 e. The van der Waals surface area contributed by atoms with Crippen LogP contribution in [0.25, 0.3) is 0 Å². The zero-order valence-corrected chi connectivity index (χ0v) is 11.9. The van der Waals surface area contributed by atoms with Gasteiger partial charge in [0, 0.05) is 18.3 Å². The fourth-order valence-electron chi connectivity index (χ4n) is 1.90. The Bertz CT molecular complexity index is 448. The quantitative estimate of drug-likeness (QED) is 0.827. The van der Waals surface area contributed by atoms with Crippen LogP contribution in [0.15, 0.2) is 24.3 Å². The summed E-state index contributed by atoms with van der Waals surface area (Å²) in [5, 5.41) is 9.39. The van der Waals surface area contributed by atoms with E-state index in [1.807, 2.05) is 31.2 Å². The fraction of sp³-hybridized carbons (Fsp3) is 0.571. The molecule has 0 saturated heterocycles. The molecule has 3 nitrogen and oxygen atoms in total. The number of benzene rings is 1. The number of hydrogen-bond acceptors (Lipinski definition) is 3. The topological polar surface area (TPSA) is 54.4 Å². The van der Waals surface area contributed by atoms with Crippen molar-refractivity contribution in [3.8, 4) is 0 Å². The maximum absolute atomic E-state index is 11.4. The summed E-state index contributed by atoms with van der Waals surface area (Å²) in [5.74, 6) is 0.449. The summed E-state index contributed by atoms with van der Waals surface area (Å²) in [6.07, 6.45) is 1.31. The van der Waals surface area contributed by atoms with E-state index in [1.165, 1.54) is 5.56 Å². The first kappa shape index (κ1) is 15.2. The van der Waals surface area contributed by atoms with Gasteiger partial charge in [-0.25, -0.2) is 8.42 Å². The Balaban J connectivity index is 2.55. The molecule has 0 saturated carbocycles. The molecule has 1 aromatic rings. The van der Waals surface area contributed by atoms with Crippen LogP contribution in [-0.2, 0) is 9.84 Å². The molecule has 0 heterocycles. The summed E-state index contributed by atoms with van der Waals surface area (Å²) >= 11 is 0. The molecule has 1 atom stereocenters. The molecule has 1 unspecified atom stereocenters. The summed E-state index contributed by atoms with van der Waals surface area (Å²) in [5.41, 5.74) is 2.26. The summed E-state index contributed by atoms with van der Waals surface area (Å²) in [7, 11) is -2.89. The lowest BCUT2D eigenvalue weighted by molar-refractivity contribution is 0.258. The molecule has 0 aromatic heterocycles. The van der Waals surface area contributed by atoms with E-state index in [-0.39, 0.29) is 24.0 Å². The molecule has 0 radical (unpaired) electrons. The highest BCUT2D eigenvalue weighted by Gasteiger charge is 2.13. The normalized spacial score (nSPS) is 13.5. The summed E-state index contributed by atoms with van der Waals surface area (Å²) in [6, 6.07) is 8.04. The van der Waals surface area contributed by atoms with E-state index < -0.39 is 9.84 Å². The van der Waals surface area contributed by atoms with Crippen molar-refractivity contribution in [1.29, 1.82) is 0 Å². The number of aliphatic hydroxyl groups excluding tert-OH is 1. The highest BCUT2D eigenvalue weighted by atomic mass is 32.2. The van der Waals surface area contributed by atoms with Crippen LogP contribution in [0, 0.1) is 6.92 Å². The lowest BCUT2D eigenvalue weighted by Gasteiger charge is -2.14. The first-order valence-corrected chi connectivity index (χ1v) is 8.18. The number of sulfone groups is 1. The molecule has 0 spiro atoms. The molecular weight excluding hydrogens is 248 g/mol. The maximum atomic E-state index is 11.4. The zero-order valence-electron chi connectivity index (χ0n) is 11.1. The van der Waals surface area contributed by atoms with Gasteiger partial charge in [-0.3, -0.25) is 0 Å². The van der Waals surface area contributed by atoms with E-state index in [0.717, 1.165) is 5.56 Å². The Kier molecular flexibility index (Phi) is 5.82. The third kappa shape index (κ3) is 4.78. The fourth-order valence-corrected chi connectivity index (χ4v) is 2.79. The van der Waals surface area contributed by atoms with Crippen LogP contribution in [0.5, 0.6) is 0 Å². The van der Waals surface area contributed by atoms with Crippen LogP contribution in [0.3, 0.4) is 0 Å². The molecule has 4 heteroatoms. The van der Waals surface area contributed by atoms with E-state index in [4.69, 9.17) is 0 Å². The average Bonchev–Trinajstić information content (AvgIpc) is 2.36. The first-order chi connectivity index (χ1) is 8.48. The van der Waals surface area contributed by atoms with Crippen LogP contribution < -0.4 is 0 Å². The van der Waals surface area contributed by atoms with Crippen molar-refractivity contribution in [2.75, 3.05) is 18.1 Å². The Labute approximate surface area is 110 Å².